The van der Waals surface area contributed by atoms with Gasteiger partial charge >= 0.3 is 6.18 Å². The van der Waals surface area contributed by atoms with Gasteiger partial charge in [0.05, 0.1) is 30.0 Å². The van der Waals surface area contributed by atoms with Gasteiger partial charge in [-0.1, -0.05) is 6.07 Å². The number of nitrogens with one attached hydrogen (secondary N) is 1. The first-order valence-electron chi connectivity index (χ1n) is 9.18. The van der Waals surface area contributed by atoms with E-state index in [0.717, 1.165) is 0 Å². The second-order valence-electron chi connectivity index (χ2n) is 6.95. The molecule has 0 unspecified atom stereocenters. The third-order valence-electron chi connectivity index (χ3n) is 4.75. The predicted octanol–water partition coefficient (Wildman–Crippen LogP) is 4.95. The van der Waals surface area contributed by atoms with E-state index in [9.17, 15) is 22.4 Å². The van der Waals surface area contributed by atoms with Crippen molar-refractivity contribution in [2.45, 2.75) is 26.1 Å². The number of rotatable bonds is 4. The second-order valence-corrected chi connectivity index (χ2v) is 6.95. The van der Waals surface area contributed by atoms with Crippen LogP contribution in [0.25, 0.3) is 22.4 Å². The summed E-state index contributed by atoms with van der Waals surface area (Å²) in [7, 11) is 0. The van der Waals surface area contributed by atoms with Gasteiger partial charge in [0.2, 0.25) is 0 Å². The molecule has 2 aromatic carbocycles. The smallest absolute Gasteiger partial charge is 0.390 e. The molecule has 3 aromatic rings. The number of aryl methyl sites for hydroxylation is 2. The van der Waals surface area contributed by atoms with Gasteiger partial charge in [0.25, 0.3) is 5.91 Å². The Morgan fingerprint density at radius 2 is 1.83 bits per heavy atom. The highest BCUT2D eigenvalue weighted by atomic mass is 19.4. The van der Waals surface area contributed by atoms with Crippen LogP contribution in [0.15, 0.2) is 42.5 Å². The monoisotopic (exact) mass is 419 g/mol. The van der Waals surface area contributed by atoms with Crippen molar-refractivity contribution in [3.63, 3.8) is 0 Å². The fraction of sp³-hybridized carbons (Fsp3) is 0.238. The van der Waals surface area contributed by atoms with Crippen molar-refractivity contribution in [3.8, 4) is 28.1 Å². The van der Waals surface area contributed by atoms with Gasteiger partial charge in [-0.05, 0) is 48.9 Å². The van der Waals surface area contributed by atoms with Crippen LogP contribution in [0.1, 0.15) is 12.1 Å². The van der Waals surface area contributed by atoms with Crippen molar-refractivity contribution in [3.05, 3.63) is 54.0 Å². The lowest BCUT2D eigenvalue weighted by Crippen LogP contribution is -2.25. The van der Waals surface area contributed by atoms with E-state index >= 15 is 0 Å². The Hall–Kier alpha value is -3.36. The van der Waals surface area contributed by atoms with Crippen molar-refractivity contribution < 1.29 is 27.1 Å². The Morgan fingerprint density at radius 1 is 1.13 bits per heavy atom. The summed E-state index contributed by atoms with van der Waals surface area (Å²) in [6, 6.07) is 10.6. The summed E-state index contributed by atoms with van der Waals surface area (Å²) in [6.07, 6.45) is -5.39. The molecule has 2 heterocycles. The maximum Gasteiger partial charge on any atom is 0.390 e. The molecule has 1 aliphatic heterocycles. The van der Waals surface area contributed by atoms with Gasteiger partial charge < -0.3 is 10.1 Å². The Labute approximate surface area is 169 Å². The number of anilines is 1. The van der Waals surface area contributed by atoms with Crippen LogP contribution in [0, 0.1) is 12.7 Å². The number of hydrogen-bond donors (Lipinski definition) is 1. The van der Waals surface area contributed by atoms with Crippen molar-refractivity contribution in [1.82, 2.24) is 9.78 Å². The molecular weight excluding hydrogens is 402 g/mol. The number of nitrogens with zero attached hydrogens (tertiary/aromatic N) is 2. The molecule has 1 aliphatic rings. The van der Waals surface area contributed by atoms with Crippen LogP contribution in [0.4, 0.5) is 23.2 Å². The highest BCUT2D eigenvalue weighted by molar-refractivity contribution is 5.97. The summed E-state index contributed by atoms with van der Waals surface area (Å²) in [5, 5.41) is 7.04. The molecule has 30 heavy (non-hydrogen) atoms. The fourth-order valence-electron chi connectivity index (χ4n) is 3.46. The molecule has 0 radical (unpaired) electrons. The van der Waals surface area contributed by atoms with Gasteiger partial charge in [-0.2, -0.15) is 18.3 Å². The number of halogens is 4. The lowest BCUT2D eigenvalue weighted by atomic mass is 9.98. The lowest BCUT2D eigenvalue weighted by Gasteiger charge is -2.19. The molecule has 1 amide bonds. The number of benzene rings is 2. The zero-order chi connectivity index (χ0) is 21.5. The highest BCUT2D eigenvalue weighted by Crippen LogP contribution is 2.39. The maximum absolute atomic E-state index is 13.4. The van der Waals surface area contributed by atoms with Gasteiger partial charge in [0.15, 0.2) is 6.61 Å². The fourth-order valence-corrected chi connectivity index (χ4v) is 3.46. The molecule has 0 spiro atoms. The highest BCUT2D eigenvalue weighted by Gasteiger charge is 2.29. The van der Waals surface area contributed by atoms with E-state index < -0.39 is 18.4 Å². The number of alkyl halides is 3. The first kappa shape index (κ1) is 19.9. The minimum absolute atomic E-state index is 0.0818. The summed E-state index contributed by atoms with van der Waals surface area (Å²) in [6.45, 7) is 1.24. The van der Waals surface area contributed by atoms with E-state index in [1.54, 1.807) is 25.1 Å². The Kier molecular flexibility index (Phi) is 4.97. The summed E-state index contributed by atoms with van der Waals surface area (Å²) in [5.41, 5.74) is 3.21. The summed E-state index contributed by atoms with van der Waals surface area (Å²) in [4.78, 5) is 11.6. The molecule has 4 rings (SSSR count). The molecule has 0 fully saturated rings. The largest absolute Gasteiger partial charge is 0.482 e. The average Bonchev–Trinajstić information content (AvgIpc) is 3.02. The second kappa shape index (κ2) is 7.47. The number of carbonyl (C=O) groups is 1. The van der Waals surface area contributed by atoms with E-state index in [1.165, 1.54) is 28.9 Å². The zero-order valence-corrected chi connectivity index (χ0v) is 15.9. The van der Waals surface area contributed by atoms with Crippen LogP contribution in [-0.2, 0) is 11.3 Å². The molecule has 1 aromatic heterocycles. The van der Waals surface area contributed by atoms with Crippen LogP contribution in [0.2, 0.25) is 0 Å². The van der Waals surface area contributed by atoms with Gasteiger partial charge in [-0.15, -0.1) is 0 Å². The van der Waals surface area contributed by atoms with Crippen molar-refractivity contribution in [1.29, 1.82) is 0 Å². The lowest BCUT2D eigenvalue weighted by molar-refractivity contribution is -0.137. The third-order valence-corrected chi connectivity index (χ3v) is 4.75. The normalized spacial score (nSPS) is 13.6. The summed E-state index contributed by atoms with van der Waals surface area (Å²) >= 11 is 0. The topological polar surface area (TPSA) is 56.2 Å². The van der Waals surface area contributed by atoms with Gasteiger partial charge in [0.1, 0.15) is 11.6 Å². The minimum atomic E-state index is -4.34. The predicted molar refractivity (Wildman–Crippen MR) is 103 cm³/mol. The van der Waals surface area contributed by atoms with Crippen molar-refractivity contribution in [2.24, 2.45) is 0 Å². The molecular formula is C21H17F4N3O2. The number of aromatic nitrogens is 2. The molecule has 5 nitrogen and oxygen atoms in total. The SMILES string of the molecule is Cc1nn(CCC(F)(F)F)c(-c2ccc(F)cc2)c1-c1ccc2c(c1)NC(=O)CO2. The number of carbonyl (C=O) groups excluding carboxylic acids is 1. The van der Waals surface area contributed by atoms with Crippen LogP contribution in [0.3, 0.4) is 0 Å². The molecule has 9 heteroatoms. The first-order valence-corrected chi connectivity index (χ1v) is 9.18. The number of hydrogen-bond acceptors (Lipinski definition) is 3. The van der Waals surface area contributed by atoms with Crippen LogP contribution in [-0.4, -0.2) is 28.5 Å². The average molecular weight is 419 g/mol. The number of fused-ring (bicyclic) bond motifs is 1. The Balaban J connectivity index is 1.85. The minimum Gasteiger partial charge on any atom is -0.482 e. The first-order chi connectivity index (χ1) is 14.2. The number of ether oxygens (including phenoxy) is 1. The molecule has 156 valence electrons. The zero-order valence-electron chi connectivity index (χ0n) is 15.9. The van der Waals surface area contributed by atoms with E-state index in [0.29, 0.717) is 39.5 Å². The Bertz CT molecular complexity index is 1100. The Morgan fingerprint density at radius 3 is 2.53 bits per heavy atom. The maximum atomic E-state index is 13.4. The standard InChI is InChI=1S/C21H17F4N3O2/c1-12-19(14-4-7-17-16(10-14)26-18(29)11-30-17)20(13-2-5-15(22)6-3-13)28(27-12)9-8-21(23,24)25/h2-7,10H,8-9,11H2,1H3,(H,26,29). The van der Waals surface area contributed by atoms with E-state index in [2.05, 4.69) is 10.4 Å². The van der Waals surface area contributed by atoms with Crippen molar-refractivity contribution >= 4 is 11.6 Å². The van der Waals surface area contributed by atoms with Gasteiger partial charge in [0, 0.05) is 11.1 Å². The third kappa shape index (κ3) is 4.00. The molecule has 0 bridgehead atoms. The summed E-state index contributed by atoms with van der Waals surface area (Å²) in [5.74, 6) is -0.244. The van der Waals surface area contributed by atoms with Gasteiger partial charge in [-0.25, -0.2) is 4.39 Å². The molecule has 0 aliphatic carbocycles. The molecule has 0 atom stereocenters. The van der Waals surface area contributed by atoms with E-state index in [-0.39, 0.29) is 19.1 Å². The molecule has 0 saturated heterocycles. The van der Waals surface area contributed by atoms with Crippen LogP contribution < -0.4 is 10.1 Å². The van der Waals surface area contributed by atoms with Gasteiger partial charge in [-0.3, -0.25) is 9.48 Å². The summed E-state index contributed by atoms with van der Waals surface area (Å²) < 4.78 is 58.6. The van der Waals surface area contributed by atoms with Crippen LogP contribution >= 0.6 is 0 Å². The van der Waals surface area contributed by atoms with E-state index in [1.807, 2.05) is 0 Å². The molecule has 1 N–H and O–H groups in total. The number of amides is 1. The van der Waals surface area contributed by atoms with E-state index in [4.69, 9.17) is 4.74 Å². The quantitative estimate of drug-likeness (QED) is 0.609. The molecule has 0 saturated carbocycles. The van der Waals surface area contributed by atoms with Crippen LogP contribution in [0.5, 0.6) is 5.75 Å². The van der Waals surface area contributed by atoms with Crippen molar-refractivity contribution in [2.75, 3.05) is 11.9 Å².